The minimum atomic E-state index is -0.448. The molecule has 0 aliphatic carbocycles. The third kappa shape index (κ3) is 5.13. The van der Waals surface area contributed by atoms with Crippen LogP contribution in [0.4, 0.5) is 0 Å². The van der Waals surface area contributed by atoms with Crippen LogP contribution in [0.15, 0.2) is 24.3 Å². The maximum Gasteiger partial charge on any atom is 0.253 e. The number of carbonyl (C=O) groups is 2. The van der Waals surface area contributed by atoms with Crippen molar-refractivity contribution < 1.29 is 9.59 Å². The fourth-order valence-electron chi connectivity index (χ4n) is 2.72. The highest BCUT2D eigenvalue weighted by atomic mass is 35.5. The molecule has 0 spiro atoms. The molecule has 5 nitrogen and oxygen atoms in total. The molecule has 2 N–H and O–H groups in total. The van der Waals surface area contributed by atoms with Crippen molar-refractivity contribution >= 4 is 35.2 Å². The van der Waals surface area contributed by atoms with Gasteiger partial charge in [-0.15, -0.1) is 0 Å². The predicted molar refractivity (Wildman–Crippen MR) is 99.5 cm³/mol. The zero-order valence-electron chi connectivity index (χ0n) is 13.9. The Hall–Kier alpha value is -1.24. The van der Waals surface area contributed by atoms with Gasteiger partial charge in [0.1, 0.15) is 0 Å². The molecule has 1 saturated heterocycles. The van der Waals surface area contributed by atoms with E-state index in [4.69, 9.17) is 17.3 Å². The maximum atomic E-state index is 12.6. The highest BCUT2D eigenvalue weighted by molar-refractivity contribution is 7.98. The predicted octanol–water partition coefficient (Wildman–Crippen LogP) is 2.09. The van der Waals surface area contributed by atoms with Crippen LogP contribution < -0.4 is 5.73 Å². The second-order valence-electron chi connectivity index (χ2n) is 5.87. The van der Waals surface area contributed by atoms with Crippen LogP contribution in [0, 0.1) is 0 Å². The van der Waals surface area contributed by atoms with Gasteiger partial charge in [0.05, 0.1) is 6.04 Å². The van der Waals surface area contributed by atoms with Gasteiger partial charge in [-0.2, -0.15) is 11.8 Å². The van der Waals surface area contributed by atoms with Crippen molar-refractivity contribution in [1.82, 2.24) is 9.80 Å². The fourth-order valence-corrected chi connectivity index (χ4v) is 3.33. The van der Waals surface area contributed by atoms with Crippen LogP contribution in [0.1, 0.15) is 23.2 Å². The van der Waals surface area contributed by atoms with Gasteiger partial charge in [0.15, 0.2) is 0 Å². The Morgan fingerprint density at radius 3 is 2.46 bits per heavy atom. The van der Waals surface area contributed by atoms with Gasteiger partial charge in [0, 0.05) is 36.8 Å². The maximum absolute atomic E-state index is 12.6. The lowest BCUT2D eigenvalue weighted by molar-refractivity contribution is -0.132. The zero-order chi connectivity index (χ0) is 17.5. The fraction of sp³-hybridized carbons (Fsp3) is 0.529. The summed E-state index contributed by atoms with van der Waals surface area (Å²) in [6, 6.07) is 6.45. The Morgan fingerprint density at radius 2 is 1.79 bits per heavy atom. The molecule has 1 fully saturated rings. The average molecular weight is 370 g/mol. The first-order valence-electron chi connectivity index (χ1n) is 8.11. The Morgan fingerprint density at radius 1 is 1.17 bits per heavy atom. The van der Waals surface area contributed by atoms with Crippen molar-refractivity contribution in [1.29, 1.82) is 0 Å². The van der Waals surface area contributed by atoms with E-state index in [-0.39, 0.29) is 11.8 Å². The van der Waals surface area contributed by atoms with Crippen LogP contribution in [0.25, 0.3) is 0 Å². The van der Waals surface area contributed by atoms with Gasteiger partial charge in [0.25, 0.3) is 5.91 Å². The molecule has 2 rings (SSSR count). The average Bonchev–Trinajstić information content (AvgIpc) is 2.85. The monoisotopic (exact) mass is 369 g/mol. The highest BCUT2D eigenvalue weighted by Gasteiger charge is 2.25. The molecule has 1 aliphatic rings. The van der Waals surface area contributed by atoms with Crippen LogP contribution in [0.5, 0.6) is 0 Å². The molecule has 24 heavy (non-hydrogen) atoms. The van der Waals surface area contributed by atoms with Crippen LogP contribution in [0.2, 0.25) is 5.02 Å². The van der Waals surface area contributed by atoms with Crippen LogP contribution >= 0.6 is 23.4 Å². The number of nitrogens with zero attached hydrogens (tertiary/aromatic N) is 2. The molecule has 0 saturated carbocycles. The van der Waals surface area contributed by atoms with Crippen LogP contribution in [-0.2, 0) is 4.79 Å². The number of hydrogen-bond donors (Lipinski definition) is 1. The molecule has 0 bridgehead atoms. The second-order valence-corrected chi connectivity index (χ2v) is 7.29. The first-order chi connectivity index (χ1) is 11.5. The number of hydrogen-bond acceptors (Lipinski definition) is 4. The highest BCUT2D eigenvalue weighted by Crippen LogP contribution is 2.14. The molecule has 1 atom stereocenters. The minimum absolute atomic E-state index is 0.00941. The van der Waals surface area contributed by atoms with Crippen molar-refractivity contribution in [3.8, 4) is 0 Å². The van der Waals surface area contributed by atoms with E-state index in [1.165, 1.54) is 0 Å². The zero-order valence-corrected chi connectivity index (χ0v) is 15.5. The molecule has 1 aromatic rings. The number of rotatable bonds is 5. The molecule has 1 aromatic carbocycles. The van der Waals surface area contributed by atoms with Crippen LogP contribution in [0.3, 0.4) is 0 Å². The van der Waals surface area contributed by atoms with Crippen molar-refractivity contribution in [2.45, 2.75) is 18.9 Å². The lowest BCUT2D eigenvalue weighted by atomic mass is 10.2. The molecular formula is C17H24ClN3O2S. The minimum Gasteiger partial charge on any atom is -0.340 e. The summed E-state index contributed by atoms with van der Waals surface area (Å²) in [5.41, 5.74) is 6.61. The lowest BCUT2D eigenvalue weighted by Gasteiger charge is -2.24. The summed E-state index contributed by atoms with van der Waals surface area (Å²) in [5.74, 6) is 0.847. The van der Waals surface area contributed by atoms with E-state index >= 15 is 0 Å². The molecular weight excluding hydrogens is 346 g/mol. The van der Waals surface area contributed by atoms with E-state index < -0.39 is 6.04 Å². The van der Waals surface area contributed by atoms with Crippen molar-refractivity contribution in [3.05, 3.63) is 34.9 Å². The molecule has 2 amide bonds. The summed E-state index contributed by atoms with van der Waals surface area (Å²) in [6.07, 6.45) is 3.45. The summed E-state index contributed by atoms with van der Waals surface area (Å²) in [7, 11) is 0. The van der Waals surface area contributed by atoms with Gasteiger partial charge in [-0.05, 0) is 49.1 Å². The van der Waals surface area contributed by atoms with Gasteiger partial charge < -0.3 is 15.5 Å². The summed E-state index contributed by atoms with van der Waals surface area (Å²) in [6.45, 7) is 2.36. The van der Waals surface area contributed by atoms with Crippen LogP contribution in [-0.4, -0.2) is 65.8 Å². The molecule has 0 aromatic heterocycles. The van der Waals surface area contributed by atoms with E-state index in [0.29, 0.717) is 43.2 Å². The van der Waals surface area contributed by atoms with E-state index in [9.17, 15) is 9.59 Å². The largest absolute Gasteiger partial charge is 0.340 e. The normalized spacial score (nSPS) is 16.6. The number of thioether (sulfide) groups is 1. The lowest BCUT2D eigenvalue weighted by Crippen LogP contribution is -2.45. The van der Waals surface area contributed by atoms with Gasteiger partial charge in [0.2, 0.25) is 5.91 Å². The van der Waals surface area contributed by atoms with E-state index in [1.807, 2.05) is 6.26 Å². The van der Waals surface area contributed by atoms with Gasteiger partial charge in [-0.3, -0.25) is 9.59 Å². The van der Waals surface area contributed by atoms with Gasteiger partial charge >= 0.3 is 0 Å². The molecule has 0 radical (unpaired) electrons. The summed E-state index contributed by atoms with van der Waals surface area (Å²) < 4.78 is 0. The SMILES string of the molecule is CSCC[C@H](N)C(=O)N1CCCN(C(=O)c2ccc(Cl)cc2)CC1. The topological polar surface area (TPSA) is 66.6 Å². The quantitative estimate of drug-likeness (QED) is 0.863. The standard InChI is InChI=1S/C17H24ClN3O2S/c1-24-12-7-15(19)17(23)21-9-2-8-20(10-11-21)16(22)13-3-5-14(18)6-4-13/h3-6,15H,2,7-12,19H2,1H3/t15-/m0/s1. The van der Waals surface area contributed by atoms with E-state index in [2.05, 4.69) is 0 Å². The third-order valence-electron chi connectivity index (χ3n) is 4.14. The van der Waals surface area contributed by atoms with Gasteiger partial charge in [-0.1, -0.05) is 11.6 Å². The molecule has 1 aliphatic heterocycles. The Balaban J connectivity index is 1.93. The molecule has 7 heteroatoms. The molecule has 132 valence electrons. The number of nitrogens with two attached hydrogens (primary N) is 1. The molecule has 1 heterocycles. The first-order valence-corrected chi connectivity index (χ1v) is 9.88. The first kappa shape index (κ1) is 19.1. The van der Waals surface area contributed by atoms with E-state index in [1.54, 1.807) is 45.8 Å². The second kappa shape index (κ2) is 9.30. The van der Waals surface area contributed by atoms with Crippen molar-refractivity contribution in [2.75, 3.05) is 38.2 Å². The number of halogens is 1. The summed E-state index contributed by atoms with van der Waals surface area (Å²) in [5, 5.41) is 0.610. The van der Waals surface area contributed by atoms with Crippen molar-refractivity contribution in [3.63, 3.8) is 0 Å². The van der Waals surface area contributed by atoms with Crippen molar-refractivity contribution in [2.24, 2.45) is 5.73 Å². The van der Waals surface area contributed by atoms with E-state index in [0.717, 1.165) is 12.2 Å². The summed E-state index contributed by atoms with van der Waals surface area (Å²) >= 11 is 7.55. The Kier molecular flexibility index (Phi) is 7.40. The third-order valence-corrected chi connectivity index (χ3v) is 5.03. The Bertz CT molecular complexity index is 567. The summed E-state index contributed by atoms with van der Waals surface area (Å²) in [4.78, 5) is 28.6. The number of carbonyl (C=O) groups excluding carboxylic acids is 2. The molecule has 0 unspecified atom stereocenters. The Labute approximate surface area is 152 Å². The number of amides is 2. The van der Waals surface area contributed by atoms with Gasteiger partial charge in [-0.25, -0.2) is 0 Å². The smallest absolute Gasteiger partial charge is 0.253 e. The number of benzene rings is 1.